The van der Waals surface area contributed by atoms with E-state index in [-0.39, 0.29) is 0 Å². The molecule has 1 rings (SSSR count). The summed E-state index contributed by atoms with van der Waals surface area (Å²) in [7, 11) is 1.67. The molecule has 0 amide bonds. The number of ether oxygens (including phenoxy) is 1. The van der Waals surface area contributed by atoms with E-state index >= 15 is 0 Å². The molecule has 0 aliphatic heterocycles. The summed E-state index contributed by atoms with van der Waals surface area (Å²) in [4.78, 5) is 0. The van der Waals surface area contributed by atoms with Crippen molar-refractivity contribution in [1.29, 1.82) is 0 Å². The van der Waals surface area contributed by atoms with E-state index in [4.69, 9.17) is 10.5 Å². The molecule has 0 aromatic heterocycles. The Bertz CT molecular complexity index is 263. The number of methoxy groups -OCH3 is 1. The van der Waals surface area contributed by atoms with Gasteiger partial charge in [-0.25, -0.2) is 0 Å². The minimum absolute atomic E-state index is 0.638. The molecular weight excluding hydrogens is 218 g/mol. The van der Waals surface area contributed by atoms with E-state index < -0.39 is 0 Å². The second-order valence-corrected chi connectivity index (χ2v) is 3.31. The van der Waals surface area contributed by atoms with Crippen LogP contribution < -0.4 is 10.5 Å². The van der Waals surface area contributed by atoms with Crippen LogP contribution in [0, 0.1) is 0 Å². The van der Waals surface area contributed by atoms with Gasteiger partial charge in [-0.15, -0.1) is 0 Å². The van der Waals surface area contributed by atoms with Crippen LogP contribution in [0.3, 0.4) is 0 Å². The smallest absolute Gasteiger partial charge is 0.123 e. The number of halogens is 1. The van der Waals surface area contributed by atoms with Gasteiger partial charge >= 0.3 is 0 Å². The lowest BCUT2D eigenvalue weighted by Crippen LogP contribution is -2.04. The number of nitrogens with two attached hydrogens (primary N) is 1. The van der Waals surface area contributed by atoms with E-state index in [1.165, 1.54) is 0 Å². The summed E-state index contributed by atoms with van der Waals surface area (Å²) in [5.41, 5.74) is 6.62. The minimum Gasteiger partial charge on any atom is -0.496 e. The van der Waals surface area contributed by atoms with Crippen molar-refractivity contribution in [2.75, 3.05) is 13.7 Å². The lowest BCUT2D eigenvalue weighted by atomic mass is 10.1. The van der Waals surface area contributed by atoms with E-state index in [1.807, 2.05) is 18.2 Å². The third kappa shape index (κ3) is 1.99. The molecule has 1 aromatic carbocycles. The Morgan fingerprint density at radius 3 is 2.83 bits per heavy atom. The molecule has 0 bridgehead atoms. The highest BCUT2D eigenvalue weighted by atomic mass is 79.9. The first-order valence-corrected chi connectivity index (χ1v) is 4.60. The Morgan fingerprint density at radius 2 is 2.25 bits per heavy atom. The summed E-state index contributed by atoms with van der Waals surface area (Å²) in [5.74, 6) is 0.898. The molecule has 12 heavy (non-hydrogen) atoms. The monoisotopic (exact) mass is 229 g/mol. The lowest BCUT2D eigenvalue weighted by molar-refractivity contribution is 0.409. The molecule has 0 fully saturated rings. The third-order valence-electron chi connectivity index (χ3n) is 1.69. The predicted octanol–water partition coefficient (Wildman–Crippen LogP) is 1.96. The van der Waals surface area contributed by atoms with Crippen LogP contribution in [0.5, 0.6) is 5.75 Å². The molecule has 0 unspecified atom stereocenters. The highest BCUT2D eigenvalue weighted by molar-refractivity contribution is 9.10. The standard InChI is InChI=1S/C9H12BrNO/c1-12-9-4-2-3-8(10)7(9)5-6-11/h2-4H,5-6,11H2,1H3. The van der Waals surface area contributed by atoms with Crippen molar-refractivity contribution in [3.8, 4) is 5.75 Å². The van der Waals surface area contributed by atoms with Gasteiger partial charge in [0.1, 0.15) is 5.75 Å². The molecule has 0 atom stereocenters. The first-order valence-electron chi connectivity index (χ1n) is 3.81. The Morgan fingerprint density at radius 1 is 1.50 bits per heavy atom. The number of benzene rings is 1. The van der Waals surface area contributed by atoms with E-state index in [2.05, 4.69) is 15.9 Å². The zero-order valence-electron chi connectivity index (χ0n) is 7.01. The fourth-order valence-corrected chi connectivity index (χ4v) is 1.66. The van der Waals surface area contributed by atoms with Gasteiger partial charge in [0.05, 0.1) is 7.11 Å². The second-order valence-electron chi connectivity index (χ2n) is 2.46. The van der Waals surface area contributed by atoms with Crippen LogP contribution in [0.25, 0.3) is 0 Å². The largest absolute Gasteiger partial charge is 0.496 e. The molecule has 2 nitrogen and oxygen atoms in total. The predicted molar refractivity (Wildman–Crippen MR) is 53.5 cm³/mol. The molecule has 3 heteroatoms. The van der Waals surface area contributed by atoms with Crippen molar-refractivity contribution in [2.24, 2.45) is 5.73 Å². The van der Waals surface area contributed by atoms with Crippen molar-refractivity contribution >= 4 is 15.9 Å². The van der Waals surface area contributed by atoms with Gasteiger partial charge in [-0.1, -0.05) is 22.0 Å². The van der Waals surface area contributed by atoms with Crippen LogP contribution in [0.1, 0.15) is 5.56 Å². The summed E-state index contributed by atoms with van der Waals surface area (Å²) in [6.45, 7) is 0.638. The zero-order chi connectivity index (χ0) is 8.97. The number of hydrogen-bond acceptors (Lipinski definition) is 2. The first kappa shape index (κ1) is 9.55. The Labute approximate surface area is 80.8 Å². The third-order valence-corrected chi connectivity index (χ3v) is 2.43. The van der Waals surface area contributed by atoms with Crippen LogP contribution in [0.2, 0.25) is 0 Å². The van der Waals surface area contributed by atoms with Gasteiger partial charge in [-0.2, -0.15) is 0 Å². The summed E-state index contributed by atoms with van der Waals surface area (Å²) in [5, 5.41) is 0. The van der Waals surface area contributed by atoms with Crippen LogP contribution in [-0.4, -0.2) is 13.7 Å². The molecule has 0 aliphatic carbocycles. The van der Waals surface area contributed by atoms with Crippen LogP contribution >= 0.6 is 15.9 Å². The summed E-state index contributed by atoms with van der Waals surface area (Å²) < 4.78 is 6.26. The van der Waals surface area contributed by atoms with Gasteiger partial charge in [-0.3, -0.25) is 0 Å². The molecule has 0 spiro atoms. The quantitative estimate of drug-likeness (QED) is 0.861. The average molecular weight is 230 g/mol. The Hall–Kier alpha value is -0.540. The average Bonchev–Trinajstić information content (AvgIpc) is 2.09. The summed E-state index contributed by atoms with van der Waals surface area (Å²) >= 11 is 3.45. The molecule has 1 aromatic rings. The zero-order valence-corrected chi connectivity index (χ0v) is 8.60. The molecule has 0 radical (unpaired) electrons. The minimum atomic E-state index is 0.638. The van der Waals surface area contributed by atoms with Crippen molar-refractivity contribution < 1.29 is 4.74 Å². The second kappa shape index (κ2) is 4.48. The van der Waals surface area contributed by atoms with E-state index in [1.54, 1.807) is 7.11 Å². The topological polar surface area (TPSA) is 35.2 Å². The van der Waals surface area contributed by atoms with Crippen molar-refractivity contribution in [1.82, 2.24) is 0 Å². The molecule has 0 saturated heterocycles. The fraction of sp³-hybridized carbons (Fsp3) is 0.333. The maximum Gasteiger partial charge on any atom is 0.123 e. The highest BCUT2D eigenvalue weighted by Crippen LogP contribution is 2.26. The van der Waals surface area contributed by atoms with Crippen LogP contribution in [0.4, 0.5) is 0 Å². The van der Waals surface area contributed by atoms with Crippen molar-refractivity contribution in [3.63, 3.8) is 0 Å². The van der Waals surface area contributed by atoms with Gasteiger partial charge in [0.25, 0.3) is 0 Å². The molecule has 66 valence electrons. The molecule has 2 N–H and O–H groups in total. The van der Waals surface area contributed by atoms with Gasteiger partial charge in [0.15, 0.2) is 0 Å². The molecule has 0 heterocycles. The van der Waals surface area contributed by atoms with Crippen molar-refractivity contribution in [2.45, 2.75) is 6.42 Å². The summed E-state index contributed by atoms with van der Waals surface area (Å²) in [6, 6.07) is 5.88. The lowest BCUT2D eigenvalue weighted by Gasteiger charge is -2.08. The first-order chi connectivity index (χ1) is 5.79. The number of rotatable bonds is 3. The van der Waals surface area contributed by atoms with E-state index in [0.717, 1.165) is 22.2 Å². The SMILES string of the molecule is COc1cccc(Br)c1CCN. The Balaban J connectivity index is 3.02. The molecule has 0 saturated carbocycles. The highest BCUT2D eigenvalue weighted by Gasteiger charge is 2.04. The van der Waals surface area contributed by atoms with Crippen molar-refractivity contribution in [3.05, 3.63) is 28.2 Å². The number of hydrogen-bond donors (Lipinski definition) is 1. The molecular formula is C9H12BrNO. The van der Waals surface area contributed by atoms with E-state index in [9.17, 15) is 0 Å². The van der Waals surface area contributed by atoms with E-state index in [0.29, 0.717) is 6.54 Å². The normalized spacial score (nSPS) is 9.92. The Kier molecular flexibility index (Phi) is 3.56. The maximum absolute atomic E-state index is 5.48. The fourth-order valence-electron chi connectivity index (χ4n) is 1.12. The van der Waals surface area contributed by atoms with Crippen LogP contribution in [0.15, 0.2) is 22.7 Å². The van der Waals surface area contributed by atoms with Gasteiger partial charge in [-0.05, 0) is 25.1 Å². The summed E-state index contributed by atoms with van der Waals surface area (Å²) in [6.07, 6.45) is 0.838. The van der Waals surface area contributed by atoms with Crippen LogP contribution in [-0.2, 0) is 6.42 Å². The van der Waals surface area contributed by atoms with Gasteiger partial charge < -0.3 is 10.5 Å². The maximum atomic E-state index is 5.48. The molecule has 0 aliphatic rings. The van der Waals surface area contributed by atoms with Gasteiger partial charge in [0, 0.05) is 10.0 Å². The van der Waals surface area contributed by atoms with Gasteiger partial charge in [0.2, 0.25) is 0 Å².